The van der Waals surface area contributed by atoms with Crippen molar-refractivity contribution in [3.8, 4) is 0 Å². The van der Waals surface area contributed by atoms with Crippen molar-refractivity contribution in [2.24, 2.45) is 11.7 Å². The Kier molecular flexibility index (Phi) is 7.67. The van der Waals surface area contributed by atoms with Crippen LogP contribution in [0.15, 0.2) is 18.2 Å². The highest BCUT2D eigenvalue weighted by Crippen LogP contribution is 2.25. The number of nitrogens with zero attached hydrogens (tertiary/aromatic N) is 2. The Bertz CT molecular complexity index is 432. The zero-order valence-electron chi connectivity index (χ0n) is 14.1. The van der Waals surface area contributed by atoms with Gasteiger partial charge in [0.25, 0.3) is 0 Å². The van der Waals surface area contributed by atoms with E-state index in [1.807, 2.05) is 6.92 Å². The van der Waals surface area contributed by atoms with E-state index in [0.29, 0.717) is 12.5 Å². The Morgan fingerprint density at radius 1 is 1.19 bits per heavy atom. The average molecular weight is 312 g/mol. The Hall–Kier alpha value is -0.610. The molecule has 0 aliphatic carbocycles. The Morgan fingerprint density at radius 2 is 1.86 bits per heavy atom. The van der Waals surface area contributed by atoms with E-state index in [2.05, 4.69) is 55.9 Å². The van der Waals surface area contributed by atoms with Crippen LogP contribution in [0.1, 0.15) is 31.0 Å². The molecule has 2 N–H and O–H groups in total. The molecule has 1 unspecified atom stereocenters. The molecular formula is C17H30ClN3. The van der Waals surface area contributed by atoms with Crippen molar-refractivity contribution in [1.82, 2.24) is 9.80 Å². The van der Waals surface area contributed by atoms with Crippen LogP contribution < -0.4 is 5.73 Å². The van der Waals surface area contributed by atoms with Crippen LogP contribution in [-0.4, -0.2) is 50.1 Å². The molecule has 0 saturated carbocycles. The number of rotatable bonds is 8. The topological polar surface area (TPSA) is 32.5 Å². The predicted octanol–water partition coefficient (Wildman–Crippen LogP) is 3.17. The lowest BCUT2D eigenvalue weighted by atomic mass is 10.0. The fourth-order valence-electron chi connectivity index (χ4n) is 2.48. The van der Waals surface area contributed by atoms with Crippen molar-refractivity contribution in [3.63, 3.8) is 0 Å². The number of benzene rings is 1. The molecule has 0 bridgehead atoms. The summed E-state index contributed by atoms with van der Waals surface area (Å²) in [5.74, 6) is 0.613. The van der Waals surface area contributed by atoms with Crippen LogP contribution in [0.4, 0.5) is 0 Å². The summed E-state index contributed by atoms with van der Waals surface area (Å²) in [4.78, 5) is 4.69. The third kappa shape index (κ3) is 5.95. The molecule has 120 valence electrons. The molecule has 0 aromatic heterocycles. The van der Waals surface area contributed by atoms with E-state index in [0.717, 1.165) is 30.2 Å². The first kappa shape index (κ1) is 18.4. The van der Waals surface area contributed by atoms with E-state index in [4.69, 9.17) is 17.3 Å². The number of hydrogen-bond donors (Lipinski definition) is 1. The highest BCUT2D eigenvalue weighted by Gasteiger charge is 2.20. The second-order valence-electron chi connectivity index (χ2n) is 6.45. The second kappa shape index (κ2) is 8.74. The number of likely N-dealkylation sites (N-methyl/N-ethyl adjacent to an activating group) is 1. The van der Waals surface area contributed by atoms with Crippen LogP contribution in [0.25, 0.3) is 0 Å². The molecule has 1 rings (SSSR count). The maximum absolute atomic E-state index is 6.29. The molecule has 0 radical (unpaired) electrons. The first-order valence-electron chi connectivity index (χ1n) is 7.70. The molecule has 0 aliphatic heterocycles. The van der Waals surface area contributed by atoms with Crippen molar-refractivity contribution in [2.75, 3.05) is 40.3 Å². The van der Waals surface area contributed by atoms with E-state index >= 15 is 0 Å². The van der Waals surface area contributed by atoms with Crippen molar-refractivity contribution < 1.29 is 0 Å². The largest absolute Gasteiger partial charge is 0.329 e. The minimum Gasteiger partial charge on any atom is -0.329 e. The summed E-state index contributed by atoms with van der Waals surface area (Å²) in [6.45, 7) is 10.2. The number of hydrogen-bond acceptors (Lipinski definition) is 3. The van der Waals surface area contributed by atoms with Gasteiger partial charge >= 0.3 is 0 Å². The van der Waals surface area contributed by atoms with Gasteiger partial charge in [-0.25, -0.2) is 0 Å². The smallest absolute Gasteiger partial charge is 0.0471 e. The van der Waals surface area contributed by atoms with Gasteiger partial charge < -0.3 is 10.6 Å². The molecular weight excluding hydrogens is 282 g/mol. The SMILES string of the molecule is Cc1ccc(C(CN)N(CCN(C)C)CC(C)C)cc1Cl. The molecule has 1 atom stereocenters. The maximum atomic E-state index is 6.29. The van der Waals surface area contributed by atoms with E-state index in [9.17, 15) is 0 Å². The summed E-state index contributed by atoms with van der Waals surface area (Å²) in [5.41, 5.74) is 8.40. The molecule has 0 aliphatic rings. The third-order valence-electron chi connectivity index (χ3n) is 3.68. The zero-order chi connectivity index (χ0) is 16.0. The van der Waals surface area contributed by atoms with Gasteiger partial charge in [-0.05, 0) is 44.1 Å². The predicted molar refractivity (Wildman–Crippen MR) is 92.9 cm³/mol. The molecule has 0 amide bonds. The normalized spacial score (nSPS) is 13.4. The van der Waals surface area contributed by atoms with Crippen LogP contribution in [0.2, 0.25) is 5.02 Å². The second-order valence-corrected chi connectivity index (χ2v) is 6.86. The van der Waals surface area contributed by atoms with E-state index in [-0.39, 0.29) is 6.04 Å². The molecule has 0 spiro atoms. The van der Waals surface area contributed by atoms with Gasteiger partial charge in [-0.3, -0.25) is 4.90 Å². The maximum Gasteiger partial charge on any atom is 0.0471 e. The van der Waals surface area contributed by atoms with Gasteiger partial charge in [0.1, 0.15) is 0 Å². The molecule has 1 aromatic rings. The fraction of sp³-hybridized carbons (Fsp3) is 0.647. The minimum atomic E-state index is 0.227. The zero-order valence-corrected chi connectivity index (χ0v) is 14.8. The van der Waals surface area contributed by atoms with Gasteiger partial charge in [-0.1, -0.05) is 37.6 Å². The molecule has 0 saturated heterocycles. The van der Waals surface area contributed by atoms with Gasteiger partial charge in [-0.2, -0.15) is 0 Å². The Balaban J connectivity index is 2.95. The Labute approximate surface area is 135 Å². The van der Waals surface area contributed by atoms with Crippen molar-refractivity contribution >= 4 is 11.6 Å². The highest BCUT2D eigenvalue weighted by molar-refractivity contribution is 6.31. The van der Waals surface area contributed by atoms with Crippen LogP contribution in [0, 0.1) is 12.8 Å². The molecule has 0 fully saturated rings. The summed E-state index contributed by atoms with van der Waals surface area (Å²) in [7, 11) is 4.21. The van der Waals surface area contributed by atoms with Gasteiger partial charge in [0.05, 0.1) is 0 Å². The quantitative estimate of drug-likeness (QED) is 0.800. The lowest BCUT2D eigenvalue weighted by Crippen LogP contribution is -2.40. The number of aryl methyl sites for hydroxylation is 1. The fourth-order valence-corrected chi connectivity index (χ4v) is 2.67. The monoisotopic (exact) mass is 311 g/mol. The lowest BCUT2D eigenvalue weighted by Gasteiger charge is -2.33. The average Bonchev–Trinajstić information content (AvgIpc) is 2.40. The molecule has 0 heterocycles. The third-order valence-corrected chi connectivity index (χ3v) is 4.09. The number of nitrogens with two attached hydrogens (primary N) is 1. The van der Waals surface area contributed by atoms with Gasteiger partial charge in [0.15, 0.2) is 0 Å². The van der Waals surface area contributed by atoms with Crippen molar-refractivity contribution in [3.05, 3.63) is 34.3 Å². The van der Waals surface area contributed by atoms with Crippen LogP contribution in [-0.2, 0) is 0 Å². The van der Waals surface area contributed by atoms with Gasteiger partial charge in [0.2, 0.25) is 0 Å². The summed E-state index contributed by atoms with van der Waals surface area (Å²) in [6, 6.07) is 6.53. The van der Waals surface area contributed by atoms with Gasteiger partial charge in [-0.15, -0.1) is 0 Å². The first-order chi connectivity index (χ1) is 9.85. The van der Waals surface area contributed by atoms with E-state index in [1.165, 1.54) is 5.56 Å². The number of halogens is 1. The van der Waals surface area contributed by atoms with Crippen LogP contribution in [0.5, 0.6) is 0 Å². The van der Waals surface area contributed by atoms with Crippen molar-refractivity contribution in [1.29, 1.82) is 0 Å². The highest BCUT2D eigenvalue weighted by atomic mass is 35.5. The summed E-state index contributed by atoms with van der Waals surface area (Å²) < 4.78 is 0. The summed E-state index contributed by atoms with van der Waals surface area (Å²) in [6.07, 6.45) is 0. The molecule has 21 heavy (non-hydrogen) atoms. The molecule has 1 aromatic carbocycles. The first-order valence-corrected chi connectivity index (χ1v) is 8.07. The summed E-state index contributed by atoms with van der Waals surface area (Å²) in [5, 5.41) is 0.822. The Morgan fingerprint density at radius 3 is 2.33 bits per heavy atom. The van der Waals surface area contributed by atoms with Crippen LogP contribution in [0.3, 0.4) is 0 Å². The minimum absolute atomic E-state index is 0.227. The van der Waals surface area contributed by atoms with Gasteiger partial charge in [0, 0.05) is 37.2 Å². The van der Waals surface area contributed by atoms with Crippen LogP contribution >= 0.6 is 11.6 Å². The van der Waals surface area contributed by atoms with E-state index in [1.54, 1.807) is 0 Å². The van der Waals surface area contributed by atoms with E-state index < -0.39 is 0 Å². The summed E-state index contributed by atoms with van der Waals surface area (Å²) >= 11 is 6.29. The standard InChI is InChI=1S/C17H30ClN3/c1-13(2)12-21(9-8-20(4)5)17(11-19)15-7-6-14(3)16(18)10-15/h6-7,10,13,17H,8-9,11-12,19H2,1-5H3. The lowest BCUT2D eigenvalue weighted by molar-refractivity contribution is 0.163. The molecule has 3 nitrogen and oxygen atoms in total. The van der Waals surface area contributed by atoms with Crippen molar-refractivity contribution in [2.45, 2.75) is 26.8 Å². The molecule has 4 heteroatoms.